The van der Waals surface area contributed by atoms with Gasteiger partial charge in [-0.1, -0.05) is 54.1 Å². The molecule has 3 rings (SSSR count). The zero-order valence-electron chi connectivity index (χ0n) is 16.6. The van der Waals surface area contributed by atoms with E-state index >= 15 is 0 Å². The van der Waals surface area contributed by atoms with Crippen LogP contribution in [0.15, 0.2) is 105 Å². The predicted molar refractivity (Wildman–Crippen MR) is 129 cm³/mol. The van der Waals surface area contributed by atoms with Crippen molar-refractivity contribution in [2.45, 2.75) is 6.92 Å². The van der Waals surface area contributed by atoms with Crippen LogP contribution in [0.25, 0.3) is 0 Å². The summed E-state index contributed by atoms with van der Waals surface area (Å²) in [6.07, 6.45) is 0. The number of para-hydroxylation sites is 1. The second-order valence-electron chi connectivity index (χ2n) is 6.11. The largest absolute Gasteiger partial charge is 0.292 e. The van der Waals surface area contributed by atoms with Crippen molar-refractivity contribution in [2.24, 2.45) is 20.4 Å². The van der Waals surface area contributed by atoms with Crippen LogP contribution < -0.4 is 10.9 Å². The molecule has 9 heteroatoms. The maximum Gasteiger partial charge on any atom is 0.233 e. The molecule has 0 saturated heterocycles. The minimum atomic E-state index is -0.248. The molecule has 0 fully saturated rings. The van der Waals surface area contributed by atoms with Crippen molar-refractivity contribution in [1.82, 2.24) is 0 Å². The van der Waals surface area contributed by atoms with Crippen molar-refractivity contribution >= 4 is 56.4 Å². The molecule has 156 valence electrons. The van der Waals surface area contributed by atoms with E-state index in [2.05, 4.69) is 31.3 Å². The first-order valence-corrected chi connectivity index (χ1v) is 10.4. The lowest BCUT2D eigenvalue weighted by molar-refractivity contribution is -0.110. The van der Waals surface area contributed by atoms with Crippen molar-refractivity contribution in [3.05, 3.63) is 90.0 Å². The first-order valence-electron chi connectivity index (χ1n) is 9.24. The van der Waals surface area contributed by atoms with Crippen molar-refractivity contribution in [3.63, 3.8) is 0 Å². The number of rotatable bonds is 6. The molecule has 0 aliphatic carbocycles. The van der Waals surface area contributed by atoms with Crippen LogP contribution in [0, 0.1) is 0 Å². The molecule has 7 nitrogen and oxygen atoms in total. The lowest BCUT2D eigenvalue weighted by Gasteiger charge is -2.05. The zero-order valence-corrected chi connectivity index (χ0v) is 18.1. The lowest BCUT2D eigenvalue weighted by Crippen LogP contribution is -2.11. The molecular formula is C22H19ClN6OS. The Kier molecular flexibility index (Phi) is 8.33. The normalized spacial score (nSPS) is 12.1. The third-order valence-corrected chi connectivity index (χ3v) is 4.82. The van der Waals surface area contributed by atoms with Gasteiger partial charge in [0.1, 0.15) is 0 Å². The van der Waals surface area contributed by atoms with Crippen LogP contribution in [-0.2, 0) is 4.79 Å². The van der Waals surface area contributed by atoms with E-state index < -0.39 is 0 Å². The van der Waals surface area contributed by atoms with E-state index in [1.165, 1.54) is 6.92 Å². The third kappa shape index (κ3) is 7.69. The highest BCUT2D eigenvalue weighted by molar-refractivity contribution is 8.28. The lowest BCUT2D eigenvalue weighted by atomic mass is 10.3. The molecule has 0 spiro atoms. The Bertz CT molecular complexity index is 1100. The monoisotopic (exact) mass is 450 g/mol. The van der Waals surface area contributed by atoms with Crippen LogP contribution in [-0.4, -0.2) is 16.0 Å². The van der Waals surface area contributed by atoms with Gasteiger partial charge < -0.3 is 0 Å². The number of nitrogens with zero attached hydrogens (tertiary/aromatic N) is 4. The predicted octanol–water partition coefficient (Wildman–Crippen LogP) is 6.55. The quantitative estimate of drug-likeness (QED) is 0.193. The number of thioether (sulfide) groups is 1. The highest BCUT2D eigenvalue weighted by Gasteiger charge is 2.13. The molecule has 0 atom stereocenters. The second kappa shape index (κ2) is 11.6. The van der Waals surface area contributed by atoms with E-state index in [1.54, 1.807) is 24.3 Å². The number of amidine groups is 1. The molecule has 0 unspecified atom stereocenters. The molecule has 0 aromatic heterocycles. The van der Waals surface area contributed by atoms with E-state index in [4.69, 9.17) is 11.6 Å². The van der Waals surface area contributed by atoms with Gasteiger partial charge >= 0.3 is 0 Å². The molecule has 0 aliphatic rings. The number of carbonyl (C=O) groups is 1. The van der Waals surface area contributed by atoms with E-state index in [1.807, 2.05) is 60.7 Å². The minimum absolute atomic E-state index is 0.167. The molecule has 0 heterocycles. The number of benzene rings is 3. The number of Topliss-reactive ketones (excluding diaryl/α,β-unsaturated/α-hetero) is 1. The standard InChI is InChI=1S/C22H19ClN6OS/c1-16(30)21(27-26-20-14-8-9-17(23)15-20)31-22(28-24-18-10-4-2-5-11-18)29-25-19-12-6-3-7-13-19/h2-15,24,26H,1H3/b27-21+,28-22+,29-25?. The Hall–Kier alpha value is -3.49. The molecule has 3 aromatic rings. The van der Waals surface area contributed by atoms with Gasteiger partial charge in [0.2, 0.25) is 5.17 Å². The van der Waals surface area contributed by atoms with Crippen LogP contribution in [0.4, 0.5) is 17.1 Å². The van der Waals surface area contributed by atoms with Gasteiger partial charge in [-0.15, -0.1) is 15.3 Å². The summed E-state index contributed by atoms with van der Waals surface area (Å²) in [5.74, 6) is -0.248. The number of hydrazone groups is 2. The summed E-state index contributed by atoms with van der Waals surface area (Å²) >= 11 is 6.98. The summed E-state index contributed by atoms with van der Waals surface area (Å²) < 4.78 is 0. The van der Waals surface area contributed by atoms with Crippen LogP contribution in [0.2, 0.25) is 5.02 Å². The van der Waals surface area contributed by atoms with E-state index in [0.29, 0.717) is 16.4 Å². The van der Waals surface area contributed by atoms with Gasteiger partial charge in [0.25, 0.3) is 0 Å². The molecular weight excluding hydrogens is 432 g/mol. The third-order valence-electron chi connectivity index (χ3n) is 3.66. The van der Waals surface area contributed by atoms with Gasteiger partial charge in [0.05, 0.1) is 17.1 Å². The molecule has 31 heavy (non-hydrogen) atoms. The summed E-state index contributed by atoms with van der Waals surface area (Å²) in [5.41, 5.74) is 7.83. The number of carbonyl (C=O) groups excluding carboxylic acids is 1. The highest BCUT2D eigenvalue weighted by Crippen LogP contribution is 2.18. The van der Waals surface area contributed by atoms with Gasteiger partial charge in [-0.3, -0.25) is 15.6 Å². The molecule has 0 bridgehead atoms. The first-order chi connectivity index (χ1) is 15.1. The van der Waals surface area contributed by atoms with E-state index in [0.717, 1.165) is 17.4 Å². The summed E-state index contributed by atoms with van der Waals surface area (Å²) in [4.78, 5) is 12.2. The zero-order chi connectivity index (χ0) is 21.9. The number of hydrogen-bond donors (Lipinski definition) is 2. The molecule has 0 amide bonds. The number of nitrogens with one attached hydrogen (secondary N) is 2. The van der Waals surface area contributed by atoms with Crippen molar-refractivity contribution in [1.29, 1.82) is 0 Å². The molecule has 0 saturated carbocycles. The number of azo groups is 1. The van der Waals surface area contributed by atoms with Gasteiger partial charge in [-0.05, 0) is 54.2 Å². The Balaban J connectivity index is 1.82. The van der Waals surface area contributed by atoms with Crippen molar-refractivity contribution in [3.8, 4) is 0 Å². The smallest absolute Gasteiger partial charge is 0.233 e. The first kappa shape index (κ1) is 22.2. The fraction of sp³-hybridized carbons (Fsp3) is 0.0455. The Morgan fingerprint density at radius 3 is 2.16 bits per heavy atom. The number of ketones is 1. The maximum absolute atomic E-state index is 12.2. The fourth-order valence-electron chi connectivity index (χ4n) is 2.22. The number of hydrogen-bond acceptors (Lipinski definition) is 7. The molecule has 0 aliphatic heterocycles. The SMILES string of the molecule is CC(=O)/C(=N\Nc1cccc(Cl)c1)S/C(N=Nc1ccccc1)=N/Nc1ccccc1. The van der Waals surface area contributed by atoms with Crippen LogP contribution in [0.1, 0.15) is 6.92 Å². The summed E-state index contributed by atoms with van der Waals surface area (Å²) in [5, 5.41) is 17.8. The summed E-state index contributed by atoms with van der Waals surface area (Å²) in [7, 11) is 0. The Morgan fingerprint density at radius 1 is 0.839 bits per heavy atom. The van der Waals surface area contributed by atoms with E-state index in [9.17, 15) is 4.79 Å². The van der Waals surface area contributed by atoms with Gasteiger partial charge in [0.15, 0.2) is 10.8 Å². The number of anilines is 2. The van der Waals surface area contributed by atoms with Gasteiger partial charge in [0, 0.05) is 11.9 Å². The van der Waals surface area contributed by atoms with Crippen LogP contribution in [0.3, 0.4) is 0 Å². The second-order valence-corrected chi connectivity index (χ2v) is 7.50. The van der Waals surface area contributed by atoms with Gasteiger partial charge in [-0.25, -0.2) is 0 Å². The number of halogens is 1. The Labute approximate surface area is 189 Å². The van der Waals surface area contributed by atoms with Crippen molar-refractivity contribution in [2.75, 3.05) is 10.9 Å². The fourth-order valence-corrected chi connectivity index (χ4v) is 2.99. The molecule has 2 N–H and O–H groups in total. The highest BCUT2D eigenvalue weighted by atomic mass is 35.5. The average molecular weight is 451 g/mol. The van der Waals surface area contributed by atoms with E-state index in [-0.39, 0.29) is 16.0 Å². The summed E-state index contributed by atoms with van der Waals surface area (Å²) in [6.45, 7) is 1.42. The summed E-state index contributed by atoms with van der Waals surface area (Å²) in [6, 6.07) is 25.7. The molecule has 0 radical (unpaired) electrons. The topological polar surface area (TPSA) is 90.6 Å². The van der Waals surface area contributed by atoms with Crippen LogP contribution >= 0.6 is 23.4 Å². The van der Waals surface area contributed by atoms with Crippen LogP contribution in [0.5, 0.6) is 0 Å². The Morgan fingerprint density at radius 2 is 1.48 bits per heavy atom. The van der Waals surface area contributed by atoms with Gasteiger partial charge in [-0.2, -0.15) is 5.10 Å². The minimum Gasteiger partial charge on any atom is -0.292 e. The molecule has 3 aromatic carbocycles. The van der Waals surface area contributed by atoms with Crippen molar-refractivity contribution < 1.29 is 4.79 Å². The maximum atomic E-state index is 12.2. The average Bonchev–Trinajstić information content (AvgIpc) is 2.79.